The quantitative estimate of drug-likeness (QED) is 0.119. The number of halogens is 1. The van der Waals surface area contributed by atoms with E-state index < -0.39 is 8.07 Å². The first kappa shape index (κ1) is 27.7. The maximum atomic E-state index is 9.69. The average Bonchev–Trinajstić information content (AvgIpc) is 3.45. The van der Waals surface area contributed by atoms with Crippen molar-refractivity contribution in [1.82, 2.24) is 29.2 Å². The molecule has 0 aromatic carbocycles. The molecule has 1 aliphatic heterocycles. The van der Waals surface area contributed by atoms with Gasteiger partial charge in [-0.1, -0.05) is 42.2 Å². The molecule has 2 aliphatic rings. The molecule has 3 aromatic rings. The van der Waals surface area contributed by atoms with Crippen LogP contribution in [0.3, 0.4) is 0 Å². The van der Waals surface area contributed by atoms with Crippen molar-refractivity contribution in [3.63, 3.8) is 0 Å². The van der Waals surface area contributed by atoms with Crippen LogP contribution >= 0.6 is 22.6 Å². The van der Waals surface area contributed by atoms with Gasteiger partial charge in [-0.3, -0.25) is 9.58 Å². The largest absolute Gasteiger partial charge is 0.361 e. The number of hydrogen-bond acceptors (Lipinski definition) is 7. The highest BCUT2D eigenvalue weighted by Gasteiger charge is 2.48. The number of alkyl halides is 1. The third kappa shape index (κ3) is 5.99. The van der Waals surface area contributed by atoms with Gasteiger partial charge in [0.15, 0.2) is 0 Å². The predicted molar refractivity (Wildman–Crippen MR) is 161 cm³/mol. The summed E-state index contributed by atoms with van der Waals surface area (Å²) in [5, 5.41) is 15.4. The van der Waals surface area contributed by atoms with Crippen LogP contribution in [-0.2, 0) is 17.0 Å². The first-order chi connectivity index (χ1) is 18.2. The van der Waals surface area contributed by atoms with Gasteiger partial charge in [-0.25, -0.2) is 9.97 Å². The molecular weight excluding hydrogens is 607 g/mol. The Bertz CT molecular complexity index is 1280. The summed E-state index contributed by atoms with van der Waals surface area (Å²) in [5.41, 5.74) is 8.72. The highest BCUT2D eigenvalue weighted by molar-refractivity contribution is 14.1. The predicted octanol–water partition coefficient (Wildman–Crippen LogP) is 4.61. The number of nitriles is 1. The first-order valence-corrected chi connectivity index (χ1v) is 18.6. The van der Waals surface area contributed by atoms with Crippen molar-refractivity contribution in [2.24, 2.45) is 5.73 Å². The summed E-state index contributed by atoms with van der Waals surface area (Å²) in [6.07, 6.45) is 12.5. The zero-order valence-electron chi connectivity index (χ0n) is 22.7. The fraction of sp³-hybridized carbons (Fsp3) is 0.630. The molecule has 2 fully saturated rings. The highest BCUT2D eigenvalue weighted by atomic mass is 127. The van der Waals surface area contributed by atoms with Gasteiger partial charge in [0.25, 0.3) is 0 Å². The van der Waals surface area contributed by atoms with Crippen molar-refractivity contribution in [2.45, 2.75) is 86.1 Å². The Kier molecular flexibility index (Phi) is 8.26. The van der Waals surface area contributed by atoms with Crippen LogP contribution in [0, 0.1) is 11.3 Å². The van der Waals surface area contributed by atoms with Crippen molar-refractivity contribution in [3.8, 4) is 17.3 Å². The van der Waals surface area contributed by atoms with E-state index in [1.807, 2.05) is 21.6 Å². The molecule has 1 saturated heterocycles. The van der Waals surface area contributed by atoms with Crippen LogP contribution in [0.1, 0.15) is 32.1 Å². The van der Waals surface area contributed by atoms with Crippen LogP contribution in [-0.4, -0.2) is 73.0 Å². The third-order valence-electron chi connectivity index (χ3n) is 8.00. The highest BCUT2D eigenvalue weighted by Crippen LogP contribution is 2.38. The van der Waals surface area contributed by atoms with Crippen molar-refractivity contribution >= 4 is 41.7 Å². The summed E-state index contributed by atoms with van der Waals surface area (Å²) < 4.78 is 10.7. The van der Waals surface area contributed by atoms with Gasteiger partial charge >= 0.3 is 0 Å². The van der Waals surface area contributed by atoms with Gasteiger partial charge < -0.3 is 15.0 Å². The minimum atomic E-state index is -1.12. The minimum Gasteiger partial charge on any atom is -0.361 e. The topological polar surface area (TPSA) is 111 Å². The second-order valence-electron chi connectivity index (χ2n) is 12.3. The lowest BCUT2D eigenvalue weighted by Gasteiger charge is -2.52. The van der Waals surface area contributed by atoms with Crippen LogP contribution in [0.2, 0.25) is 25.7 Å². The number of rotatable bonds is 9. The van der Waals surface area contributed by atoms with Crippen LogP contribution in [0.15, 0.2) is 31.0 Å². The maximum Gasteiger partial charge on any atom is 0.145 e. The molecule has 0 bridgehead atoms. The van der Waals surface area contributed by atoms with Crippen molar-refractivity contribution < 1.29 is 4.74 Å². The normalized spacial score (nSPS) is 24.2. The molecule has 3 aromatic heterocycles. The van der Waals surface area contributed by atoms with Gasteiger partial charge in [-0.15, -0.1) is 0 Å². The van der Waals surface area contributed by atoms with E-state index in [-0.39, 0.29) is 11.6 Å². The zero-order chi connectivity index (χ0) is 26.9. The Balaban J connectivity index is 1.32. The van der Waals surface area contributed by atoms with E-state index in [2.05, 4.69) is 75.4 Å². The molecule has 3 unspecified atom stereocenters. The van der Waals surface area contributed by atoms with Gasteiger partial charge in [0.05, 0.1) is 24.4 Å². The average molecular weight is 647 g/mol. The van der Waals surface area contributed by atoms with Crippen molar-refractivity contribution in [1.29, 1.82) is 5.26 Å². The molecule has 204 valence electrons. The van der Waals surface area contributed by atoms with Crippen molar-refractivity contribution in [3.05, 3.63) is 31.0 Å². The number of nitrogens with zero attached hydrogens (tertiary/aromatic N) is 7. The monoisotopic (exact) mass is 646 g/mol. The van der Waals surface area contributed by atoms with Crippen LogP contribution < -0.4 is 5.73 Å². The van der Waals surface area contributed by atoms with Gasteiger partial charge in [0.1, 0.15) is 24.2 Å². The summed E-state index contributed by atoms with van der Waals surface area (Å²) in [4.78, 5) is 11.7. The Morgan fingerprint density at radius 2 is 2.05 bits per heavy atom. The Hall–Kier alpha value is -1.85. The molecule has 4 heterocycles. The Morgan fingerprint density at radius 3 is 2.82 bits per heavy atom. The van der Waals surface area contributed by atoms with E-state index in [0.717, 1.165) is 60.9 Å². The number of ether oxygens (including phenoxy) is 1. The molecule has 38 heavy (non-hydrogen) atoms. The number of likely N-dealkylation sites (tertiary alicyclic amines) is 1. The molecular formula is C27H39IN8OSi. The molecule has 3 atom stereocenters. The molecule has 0 spiro atoms. The fourth-order valence-corrected chi connectivity index (χ4v) is 7.41. The SMILES string of the molecule is C[Si](C)(C)CCOCn1ccc2c(-c3cnn(C4(CC#N)CN(C5CC(N)CCC(I)C5)C4)c3)ncnc21. The second-order valence-corrected chi connectivity index (χ2v) is 19.7. The molecule has 1 saturated carbocycles. The molecule has 5 rings (SSSR count). The number of hydrogen-bond donors (Lipinski definition) is 1. The van der Waals surface area contributed by atoms with E-state index in [9.17, 15) is 5.26 Å². The van der Waals surface area contributed by atoms with E-state index >= 15 is 0 Å². The van der Waals surface area contributed by atoms with E-state index in [0.29, 0.717) is 23.1 Å². The zero-order valence-corrected chi connectivity index (χ0v) is 25.8. The van der Waals surface area contributed by atoms with Gasteiger partial charge in [-0.2, -0.15) is 10.4 Å². The van der Waals surface area contributed by atoms with E-state index in [1.165, 1.54) is 12.8 Å². The maximum absolute atomic E-state index is 9.69. The number of fused-ring (bicyclic) bond motifs is 1. The van der Waals surface area contributed by atoms with Crippen molar-refractivity contribution in [2.75, 3.05) is 19.7 Å². The Morgan fingerprint density at radius 1 is 1.24 bits per heavy atom. The lowest BCUT2D eigenvalue weighted by molar-refractivity contribution is -0.0306. The van der Waals surface area contributed by atoms with Gasteiger partial charge in [0.2, 0.25) is 0 Å². The van der Waals surface area contributed by atoms with Crippen LogP contribution in [0.25, 0.3) is 22.3 Å². The van der Waals surface area contributed by atoms with Gasteiger partial charge in [0, 0.05) is 67.1 Å². The summed E-state index contributed by atoms with van der Waals surface area (Å²) in [6, 6.07) is 6.36. The molecule has 1 aliphatic carbocycles. The summed E-state index contributed by atoms with van der Waals surface area (Å²) >= 11 is 2.58. The summed E-state index contributed by atoms with van der Waals surface area (Å²) in [7, 11) is -1.12. The second kappa shape index (κ2) is 11.3. The summed E-state index contributed by atoms with van der Waals surface area (Å²) in [6.45, 7) is 9.97. The standard InChI is InChI=1S/C27H39IN8OSi/c1-38(2,3)11-10-37-19-34-9-6-24-25(31-18-32-26(24)34)20-14-33-36(15-20)27(7-8-29)16-35(17-27)23-12-21(28)4-5-22(30)13-23/h6,9,14-15,18,21-23H,4-5,7,10-13,16-17,19,30H2,1-3H3. The van der Waals surface area contributed by atoms with Gasteiger partial charge in [-0.05, 0) is 37.8 Å². The van der Waals surface area contributed by atoms with E-state index in [4.69, 9.17) is 15.6 Å². The van der Waals surface area contributed by atoms with Crippen LogP contribution in [0.5, 0.6) is 0 Å². The number of nitrogens with two attached hydrogens (primary N) is 1. The van der Waals surface area contributed by atoms with E-state index in [1.54, 1.807) is 6.33 Å². The fourth-order valence-electron chi connectivity index (χ4n) is 5.71. The Labute approximate surface area is 239 Å². The third-order valence-corrected chi connectivity index (χ3v) is 10.8. The molecule has 11 heteroatoms. The molecule has 0 amide bonds. The van der Waals surface area contributed by atoms with Crippen LogP contribution in [0.4, 0.5) is 0 Å². The lowest BCUT2D eigenvalue weighted by atomic mass is 9.84. The molecule has 9 nitrogen and oxygen atoms in total. The molecule has 0 radical (unpaired) electrons. The summed E-state index contributed by atoms with van der Waals surface area (Å²) in [5.74, 6) is 0. The first-order valence-electron chi connectivity index (χ1n) is 13.6. The number of aromatic nitrogens is 5. The lowest BCUT2D eigenvalue weighted by Crippen LogP contribution is -2.65. The smallest absolute Gasteiger partial charge is 0.145 e. The molecule has 2 N–H and O–H groups in total. The minimum absolute atomic E-state index is 0.264.